The molecule has 100 valence electrons. The Morgan fingerprint density at radius 3 is 2.24 bits per heavy atom. The molecule has 0 aliphatic heterocycles. The molecule has 0 atom stereocenters. The SMILES string of the molecule is c1cc(-c2ccc(-c3nc4ncncc4[nH]3)cc2)ccn1. The summed E-state index contributed by atoms with van der Waals surface area (Å²) in [5, 5.41) is 0. The topological polar surface area (TPSA) is 67.3 Å². The minimum absolute atomic E-state index is 0.679. The van der Waals surface area contributed by atoms with Gasteiger partial charge in [0, 0.05) is 18.0 Å². The highest BCUT2D eigenvalue weighted by atomic mass is 15.0. The van der Waals surface area contributed by atoms with Gasteiger partial charge >= 0.3 is 0 Å². The third-order valence-corrected chi connectivity index (χ3v) is 3.33. The van der Waals surface area contributed by atoms with Crippen LogP contribution >= 0.6 is 0 Å². The molecule has 0 amide bonds. The number of rotatable bonds is 2. The summed E-state index contributed by atoms with van der Waals surface area (Å²) < 4.78 is 0. The predicted molar refractivity (Wildman–Crippen MR) is 80.4 cm³/mol. The molecule has 0 aliphatic carbocycles. The molecule has 1 N–H and O–H groups in total. The summed E-state index contributed by atoms with van der Waals surface area (Å²) in [6.07, 6.45) is 6.81. The van der Waals surface area contributed by atoms with Gasteiger partial charge in [-0.3, -0.25) is 4.98 Å². The second-order valence-electron chi connectivity index (χ2n) is 4.66. The molecule has 3 heterocycles. The number of nitrogens with zero attached hydrogens (tertiary/aromatic N) is 4. The van der Waals surface area contributed by atoms with Crippen LogP contribution in [0.15, 0.2) is 61.3 Å². The van der Waals surface area contributed by atoms with Crippen molar-refractivity contribution in [1.29, 1.82) is 0 Å². The minimum atomic E-state index is 0.679. The van der Waals surface area contributed by atoms with Gasteiger partial charge < -0.3 is 4.98 Å². The van der Waals surface area contributed by atoms with Gasteiger partial charge in [-0.25, -0.2) is 15.0 Å². The Labute approximate surface area is 120 Å². The van der Waals surface area contributed by atoms with Crippen molar-refractivity contribution in [1.82, 2.24) is 24.9 Å². The number of benzene rings is 1. The van der Waals surface area contributed by atoms with Crippen molar-refractivity contribution >= 4 is 11.2 Å². The average molecular weight is 273 g/mol. The molecule has 5 heteroatoms. The quantitative estimate of drug-likeness (QED) is 0.609. The number of fused-ring (bicyclic) bond motifs is 1. The average Bonchev–Trinajstić information content (AvgIpc) is 3.00. The van der Waals surface area contributed by atoms with Crippen LogP contribution in [0.3, 0.4) is 0 Å². The molecule has 0 fully saturated rings. The van der Waals surface area contributed by atoms with Crippen molar-refractivity contribution in [2.75, 3.05) is 0 Å². The molecule has 0 aliphatic rings. The van der Waals surface area contributed by atoms with E-state index in [-0.39, 0.29) is 0 Å². The Balaban J connectivity index is 1.73. The van der Waals surface area contributed by atoms with Crippen LogP contribution in [0.4, 0.5) is 0 Å². The standard InChI is InChI=1S/C16H11N5/c1-3-13(4-2-11(1)12-5-7-17-8-6-12)15-20-14-9-18-10-19-16(14)21-15/h1-10H,(H,18,19,20,21). The van der Waals surface area contributed by atoms with Crippen LogP contribution in [-0.4, -0.2) is 24.9 Å². The van der Waals surface area contributed by atoms with E-state index in [9.17, 15) is 0 Å². The zero-order chi connectivity index (χ0) is 14.1. The lowest BCUT2D eigenvalue weighted by atomic mass is 10.1. The number of H-pyrrole nitrogens is 1. The number of imidazole rings is 1. The summed E-state index contributed by atoms with van der Waals surface area (Å²) in [7, 11) is 0. The van der Waals surface area contributed by atoms with Gasteiger partial charge in [-0.1, -0.05) is 24.3 Å². The molecule has 5 nitrogen and oxygen atoms in total. The van der Waals surface area contributed by atoms with E-state index in [4.69, 9.17) is 0 Å². The molecular formula is C16H11N5. The van der Waals surface area contributed by atoms with E-state index in [1.807, 2.05) is 24.3 Å². The Kier molecular flexibility index (Phi) is 2.67. The summed E-state index contributed by atoms with van der Waals surface area (Å²) >= 11 is 0. The fourth-order valence-electron chi connectivity index (χ4n) is 2.26. The number of aromatic amines is 1. The maximum atomic E-state index is 4.47. The fraction of sp³-hybridized carbons (Fsp3) is 0. The van der Waals surface area contributed by atoms with E-state index in [0.29, 0.717) is 5.65 Å². The van der Waals surface area contributed by atoms with Crippen LogP contribution < -0.4 is 0 Å². The van der Waals surface area contributed by atoms with E-state index >= 15 is 0 Å². The normalized spacial score (nSPS) is 10.9. The van der Waals surface area contributed by atoms with Gasteiger partial charge in [0.05, 0.1) is 6.20 Å². The van der Waals surface area contributed by atoms with Gasteiger partial charge in [-0.05, 0) is 23.3 Å². The highest BCUT2D eigenvalue weighted by Gasteiger charge is 2.06. The first kappa shape index (κ1) is 11.7. The van der Waals surface area contributed by atoms with E-state index in [1.54, 1.807) is 18.6 Å². The van der Waals surface area contributed by atoms with Gasteiger partial charge in [0.2, 0.25) is 0 Å². The largest absolute Gasteiger partial charge is 0.335 e. The van der Waals surface area contributed by atoms with Crippen LogP contribution in [0.2, 0.25) is 0 Å². The van der Waals surface area contributed by atoms with Crippen molar-refractivity contribution in [3.05, 3.63) is 61.3 Å². The monoisotopic (exact) mass is 273 g/mol. The number of aromatic nitrogens is 5. The lowest BCUT2D eigenvalue weighted by molar-refractivity contribution is 1.20. The zero-order valence-corrected chi connectivity index (χ0v) is 11.1. The summed E-state index contributed by atoms with van der Waals surface area (Å²) in [6.45, 7) is 0. The van der Waals surface area contributed by atoms with Crippen molar-refractivity contribution in [3.8, 4) is 22.5 Å². The Morgan fingerprint density at radius 2 is 1.48 bits per heavy atom. The molecular weight excluding hydrogens is 262 g/mol. The first-order valence-electron chi connectivity index (χ1n) is 6.57. The van der Waals surface area contributed by atoms with Crippen LogP contribution in [0.1, 0.15) is 0 Å². The van der Waals surface area contributed by atoms with Gasteiger partial charge in [0.15, 0.2) is 5.65 Å². The lowest BCUT2D eigenvalue weighted by Crippen LogP contribution is -1.82. The zero-order valence-electron chi connectivity index (χ0n) is 11.1. The van der Waals surface area contributed by atoms with E-state index in [2.05, 4.69) is 37.1 Å². The molecule has 0 unspecified atom stereocenters. The number of hydrogen-bond acceptors (Lipinski definition) is 4. The van der Waals surface area contributed by atoms with Crippen molar-refractivity contribution < 1.29 is 0 Å². The smallest absolute Gasteiger partial charge is 0.181 e. The molecule has 21 heavy (non-hydrogen) atoms. The molecule has 0 saturated carbocycles. The first-order valence-corrected chi connectivity index (χ1v) is 6.57. The van der Waals surface area contributed by atoms with Crippen LogP contribution in [0.5, 0.6) is 0 Å². The molecule has 4 aromatic rings. The van der Waals surface area contributed by atoms with E-state index < -0.39 is 0 Å². The Bertz CT molecular complexity index is 848. The number of pyridine rings is 1. The lowest BCUT2D eigenvalue weighted by Gasteiger charge is -2.02. The van der Waals surface area contributed by atoms with Crippen LogP contribution in [-0.2, 0) is 0 Å². The fourth-order valence-corrected chi connectivity index (χ4v) is 2.26. The molecule has 0 bridgehead atoms. The molecule has 0 saturated heterocycles. The summed E-state index contributed by atoms with van der Waals surface area (Å²) in [4.78, 5) is 19.8. The maximum Gasteiger partial charge on any atom is 0.181 e. The Hall–Kier alpha value is -3.08. The van der Waals surface area contributed by atoms with Gasteiger partial charge in [-0.2, -0.15) is 0 Å². The third kappa shape index (κ3) is 2.14. The van der Waals surface area contributed by atoms with Gasteiger partial charge in [-0.15, -0.1) is 0 Å². The second kappa shape index (κ2) is 4.79. The molecule has 0 radical (unpaired) electrons. The van der Waals surface area contributed by atoms with Gasteiger partial charge in [0.25, 0.3) is 0 Å². The summed E-state index contributed by atoms with van der Waals surface area (Å²) in [6, 6.07) is 12.2. The number of hydrogen-bond donors (Lipinski definition) is 1. The first-order chi connectivity index (χ1) is 10.4. The predicted octanol–water partition coefficient (Wildman–Crippen LogP) is 3.08. The molecule has 0 spiro atoms. The highest BCUT2D eigenvalue weighted by molar-refractivity contribution is 5.75. The van der Waals surface area contributed by atoms with Crippen LogP contribution in [0, 0.1) is 0 Å². The molecule has 4 rings (SSSR count). The van der Waals surface area contributed by atoms with Crippen molar-refractivity contribution in [2.24, 2.45) is 0 Å². The number of nitrogens with one attached hydrogen (secondary N) is 1. The summed E-state index contributed by atoms with van der Waals surface area (Å²) in [5.74, 6) is 0.798. The Morgan fingerprint density at radius 1 is 0.762 bits per heavy atom. The molecule has 1 aromatic carbocycles. The minimum Gasteiger partial charge on any atom is -0.335 e. The molecule has 3 aromatic heterocycles. The second-order valence-corrected chi connectivity index (χ2v) is 4.66. The summed E-state index contributed by atoms with van der Waals surface area (Å²) in [5.41, 5.74) is 4.83. The third-order valence-electron chi connectivity index (χ3n) is 3.33. The van der Waals surface area contributed by atoms with Gasteiger partial charge in [0.1, 0.15) is 17.7 Å². The van der Waals surface area contributed by atoms with E-state index in [0.717, 1.165) is 28.0 Å². The maximum absolute atomic E-state index is 4.47. The van der Waals surface area contributed by atoms with E-state index in [1.165, 1.54) is 6.33 Å². The van der Waals surface area contributed by atoms with Crippen molar-refractivity contribution in [2.45, 2.75) is 0 Å². The van der Waals surface area contributed by atoms with Crippen LogP contribution in [0.25, 0.3) is 33.7 Å². The van der Waals surface area contributed by atoms with Crippen molar-refractivity contribution in [3.63, 3.8) is 0 Å². The highest BCUT2D eigenvalue weighted by Crippen LogP contribution is 2.23.